The zero-order chi connectivity index (χ0) is 20.9. The summed E-state index contributed by atoms with van der Waals surface area (Å²) in [6, 6.07) is 18.8. The van der Waals surface area contributed by atoms with Crippen molar-refractivity contribution in [1.29, 1.82) is 0 Å². The third kappa shape index (κ3) is 4.73. The number of nitrogens with zero attached hydrogens (tertiary/aromatic N) is 3. The lowest BCUT2D eigenvalue weighted by molar-refractivity contribution is -0.121. The molecule has 2 aromatic carbocycles. The number of rotatable bonds is 7. The first-order valence-electron chi connectivity index (χ1n) is 11.1. The van der Waals surface area contributed by atoms with E-state index < -0.39 is 0 Å². The van der Waals surface area contributed by atoms with Crippen LogP contribution in [0.1, 0.15) is 38.9 Å². The van der Waals surface area contributed by atoms with Crippen molar-refractivity contribution >= 4 is 16.9 Å². The summed E-state index contributed by atoms with van der Waals surface area (Å²) in [7, 11) is 0. The van der Waals surface area contributed by atoms with Crippen molar-refractivity contribution in [2.24, 2.45) is 5.92 Å². The van der Waals surface area contributed by atoms with Gasteiger partial charge in [0.05, 0.1) is 11.0 Å². The summed E-state index contributed by atoms with van der Waals surface area (Å²) in [5.74, 6) is 1.85. The predicted molar refractivity (Wildman–Crippen MR) is 122 cm³/mol. The van der Waals surface area contributed by atoms with Gasteiger partial charge in [-0.1, -0.05) is 37.3 Å². The van der Waals surface area contributed by atoms with E-state index in [4.69, 9.17) is 4.98 Å². The molecule has 5 nitrogen and oxygen atoms in total. The first-order valence-corrected chi connectivity index (χ1v) is 11.1. The average Bonchev–Trinajstić information content (AvgIpc) is 3.15. The van der Waals surface area contributed by atoms with Crippen molar-refractivity contribution in [3.63, 3.8) is 0 Å². The van der Waals surface area contributed by atoms with Crippen LogP contribution in [0.5, 0.6) is 0 Å². The van der Waals surface area contributed by atoms with Gasteiger partial charge >= 0.3 is 0 Å². The summed E-state index contributed by atoms with van der Waals surface area (Å²) in [4.78, 5) is 19.9. The maximum absolute atomic E-state index is 12.6. The third-order valence-corrected chi connectivity index (χ3v) is 6.26. The lowest BCUT2D eigenvalue weighted by atomic mass is 9.98. The van der Waals surface area contributed by atoms with Gasteiger partial charge in [-0.15, -0.1) is 0 Å². The average molecular weight is 405 g/mol. The van der Waals surface area contributed by atoms with Crippen molar-refractivity contribution in [1.82, 2.24) is 19.8 Å². The van der Waals surface area contributed by atoms with Crippen LogP contribution in [0.4, 0.5) is 0 Å². The second-order valence-corrected chi connectivity index (χ2v) is 8.56. The van der Waals surface area contributed by atoms with Gasteiger partial charge in [0.1, 0.15) is 5.82 Å². The highest BCUT2D eigenvalue weighted by molar-refractivity contribution is 5.79. The van der Waals surface area contributed by atoms with E-state index in [9.17, 15) is 4.79 Å². The fourth-order valence-corrected chi connectivity index (χ4v) is 4.28. The number of carbonyl (C=O) groups is 1. The number of nitrogens with one attached hydrogen (secondary N) is 1. The Balaban J connectivity index is 1.38. The van der Waals surface area contributed by atoms with E-state index in [1.165, 1.54) is 12.8 Å². The summed E-state index contributed by atoms with van der Waals surface area (Å²) in [5, 5.41) is 3.14. The summed E-state index contributed by atoms with van der Waals surface area (Å²) in [6.07, 6.45) is 3.58. The minimum atomic E-state index is 0.0962. The Morgan fingerprint density at radius 1 is 1.10 bits per heavy atom. The zero-order valence-electron chi connectivity index (χ0n) is 18.1. The zero-order valence-corrected chi connectivity index (χ0v) is 18.1. The Hall–Kier alpha value is -2.66. The molecule has 1 amide bonds. The molecule has 0 aliphatic carbocycles. The molecule has 4 rings (SSSR count). The van der Waals surface area contributed by atoms with Crippen molar-refractivity contribution in [2.75, 3.05) is 19.6 Å². The summed E-state index contributed by atoms with van der Waals surface area (Å²) in [5.41, 5.74) is 3.12. The van der Waals surface area contributed by atoms with Gasteiger partial charge in [-0.3, -0.25) is 14.3 Å². The van der Waals surface area contributed by atoms with Crippen molar-refractivity contribution < 1.29 is 4.79 Å². The molecule has 1 aliphatic rings. The monoisotopic (exact) mass is 404 g/mol. The van der Waals surface area contributed by atoms with Crippen LogP contribution in [0.3, 0.4) is 0 Å². The van der Waals surface area contributed by atoms with E-state index in [0.717, 1.165) is 41.6 Å². The number of carbonyl (C=O) groups excluding carboxylic acids is 1. The molecular weight excluding hydrogens is 372 g/mol. The molecule has 0 radical (unpaired) electrons. The number of para-hydroxylation sites is 3. The van der Waals surface area contributed by atoms with E-state index in [2.05, 4.69) is 46.8 Å². The number of likely N-dealkylation sites (tertiary alicyclic amines) is 1. The molecule has 0 saturated carbocycles. The number of imidazole rings is 1. The Morgan fingerprint density at radius 3 is 2.57 bits per heavy atom. The lowest BCUT2D eigenvalue weighted by Gasteiger charge is -2.35. The number of hydrogen-bond acceptors (Lipinski definition) is 3. The maximum atomic E-state index is 12.6. The standard InChI is InChI=1S/C25H32N4O/c1-19-14-16-28(17-15-19)20(2)18-26-25(30)13-12-24-27-22-10-6-7-11-23(22)29(24)21-8-4-3-5-9-21/h3-11,19-20H,12-18H2,1-2H3,(H,26,30). The van der Waals surface area contributed by atoms with E-state index in [1.54, 1.807) is 0 Å². The van der Waals surface area contributed by atoms with Crippen LogP contribution in [0.2, 0.25) is 0 Å². The number of fused-ring (bicyclic) bond motifs is 1. The molecular formula is C25H32N4O. The smallest absolute Gasteiger partial charge is 0.220 e. The largest absolute Gasteiger partial charge is 0.355 e. The quantitative estimate of drug-likeness (QED) is 0.642. The molecule has 30 heavy (non-hydrogen) atoms. The number of piperidine rings is 1. The molecule has 1 fully saturated rings. The molecule has 1 N–H and O–H groups in total. The van der Waals surface area contributed by atoms with Gasteiger partial charge in [0.25, 0.3) is 0 Å². The number of aromatic nitrogens is 2. The van der Waals surface area contributed by atoms with Gasteiger partial charge in [-0.2, -0.15) is 0 Å². The highest BCUT2D eigenvalue weighted by Gasteiger charge is 2.20. The molecule has 1 atom stereocenters. The van der Waals surface area contributed by atoms with Crippen molar-refractivity contribution in [3.8, 4) is 5.69 Å². The summed E-state index contributed by atoms with van der Waals surface area (Å²) < 4.78 is 2.17. The summed E-state index contributed by atoms with van der Waals surface area (Å²) >= 11 is 0. The van der Waals surface area contributed by atoms with Gasteiger partial charge in [0.2, 0.25) is 5.91 Å². The Kier molecular flexibility index (Phi) is 6.48. The van der Waals surface area contributed by atoms with Gasteiger partial charge < -0.3 is 5.32 Å². The van der Waals surface area contributed by atoms with Crippen molar-refractivity contribution in [3.05, 3.63) is 60.4 Å². The Labute approximate surface area is 179 Å². The van der Waals surface area contributed by atoms with E-state index in [1.807, 2.05) is 36.4 Å². The van der Waals surface area contributed by atoms with Crippen LogP contribution < -0.4 is 5.32 Å². The highest BCUT2D eigenvalue weighted by Crippen LogP contribution is 2.22. The molecule has 1 aliphatic heterocycles. The second kappa shape index (κ2) is 9.43. The molecule has 158 valence electrons. The normalized spacial score (nSPS) is 16.6. The maximum Gasteiger partial charge on any atom is 0.220 e. The molecule has 1 aromatic heterocycles. The molecule has 0 spiro atoms. The summed E-state index contributed by atoms with van der Waals surface area (Å²) in [6.45, 7) is 7.53. The van der Waals surface area contributed by atoms with Crippen LogP contribution in [-0.4, -0.2) is 46.0 Å². The highest BCUT2D eigenvalue weighted by atomic mass is 16.1. The van der Waals surface area contributed by atoms with E-state index in [0.29, 0.717) is 25.4 Å². The fourth-order valence-electron chi connectivity index (χ4n) is 4.28. The van der Waals surface area contributed by atoms with Gasteiger partial charge in [0, 0.05) is 31.1 Å². The van der Waals surface area contributed by atoms with Gasteiger partial charge in [0.15, 0.2) is 0 Å². The Morgan fingerprint density at radius 2 is 1.80 bits per heavy atom. The van der Waals surface area contributed by atoms with E-state index >= 15 is 0 Å². The third-order valence-electron chi connectivity index (χ3n) is 6.26. The molecule has 1 saturated heterocycles. The van der Waals surface area contributed by atoms with Crippen LogP contribution in [0.25, 0.3) is 16.7 Å². The molecule has 5 heteroatoms. The minimum absolute atomic E-state index is 0.0962. The number of aryl methyl sites for hydroxylation is 1. The van der Waals surface area contributed by atoms with Gasteiger partial charge in [-0.05, 0) is 63.0 Å². The van der Waals surface area contributed by atoms with Crippen LogP contribution >= 0.6 is 0 Å². The minimum Gasteiger partial charge on any atom is -0.355 e. The predicted octanol–water partition coefficient (Wildman–Crippen LogP) is 4.19. The van der Waals surface area contributed by atoms with Crippen molar-refractivity contribution in [2.45, 2.75) is 45.6 Å². The van der Waals surface area contributed by atoms with Crippen LogP contribution in [0.15, 0.2) is 54.6 Å². The molecule has 1 unspecified atom stereocenters. The number of hydrogen-bond donors (Lipinski definition) is 1. The Bertz CT molecular complexity index is 973. The number of amides is 1. The SMILES string of the molecule is CC1CCN(C(C)CNC(=O)CCc2nc3ccccc3n2-c2ccccc2)CC1. The topological polar surface area (TPSA) is 50.2 Å². The lowest BCUT2D eigenvalue weighted by Crippen LogP contribution is -2.45. The van der Waals surface area contributed by atoms with Crippen LogP contribution in [0, 0.1) is 5.92 Å². The second-order valence-electron chi connectivity index (χ2n) is 8.56. The molecule has 2 heterocycles. The molecule has 3 aromatic rings. The molecule has 0 bridgehead atoms. The first-order chi connectivity index (χ1) is 14.6. The van der Waals surface area contributed by atoms with E-state index in [-0.39, 0.29) is 5.91 Å². The number of benzene rings is 2. The first kappa shape index (κ1) is 20.6. The van der Waals surface area contributed by atoms with Gasteiger partial charge in [-0.25, -0.2) is 4.98 Å². The fraction of sp³-hybridized carbons (Fsp3) is 0.440. The van der Waals surface area contributed by atoms with Crippen LogP contribution in [-0.2, 0) is 11.2 Å².